The topological polar surface area (TPSA) is 75.7 Å². The zero-order chi connectivity index (χ0) is 19.6. The second-order valence-corrected chi connectivity index (χ2v) is 9.01. The van der Waals surface area contributed by atoms with E-state index >= 15 is 0 Å². The number of hydrogen-bond acceptors (Lipinski definition) is 4. The van der Waals surface area contributed by atoms with E-state index in [0.717, 1.165) is 29.7 Å². The van der Waals surface area contributed by atoms with Gasteiger partial charge in [0.15, 0.2) is 0 Å². The molecule has 2 aromatic carbocycles. The molecule has 1 saturated carbocycles. The molecule has 0 radical (unpaired) electrons. The maximum atomic E-state index is 12.6. The molecule has 0 aromatic heterocycles. The molecule has 0 bridgehead atoms. The van der Waals surface area contributed by atoms with Gasteiger partial charge in [0.05, 0.1) is 18.1 Å². The Morgan fingerprint density at radius 3 is 2.68 bits per heavy atom. The Hall–Kier alpha value is -2.22. The molecule has 148 valence electrons. The van der Waals surface area contributed by atoms with Crippen LogP contribution in [0.15, 0.2) is 53.4 Å². The molecule has 1 N–H and O–H groups in total. The van der Waals surface area contributed by atoms with Gasteiger partial charge in [-0.25, -0.2) is 13.1 Å². The summed E-state index contributed by atoms with van der Waals surface area (Å²) in [5, 5.41) is 0. The van der Waals surface area contributed by atoms with Crippen LogP contribution in [0.5, 0.6) is 0 Å². The van der Waals surface area contributed by atoms with E-state index in [1.54, 1.807) is 23.1 Å². The van der Waals surface area contributed by atoms with Crippen molar-refractivity contribution in [1.29, 1.82) is 0 Å². The molecule has 0 spiro atoms. The average Bonchev–Trinajstić information content (AvgIpc) is 3.47. The summed E-state index contributed by atoms with van der Waals surface area (Å²) in [6, 6.07) is 14.8. The van der Waals surface area contributed by atoms with Crippen LogP contribution < -0.4 is 9.62 Å². The maximum absolute atomic E-state index is 12.6. The third-order valence-electron chi connectivity index (χ3n) is 5.10. The Morgan fingerprint density at radius 1 is 1.14 bits per heavy atom. The van der Waals surface area contributed by atoms with Crippen LogP contribution in [-0.4, -0.2) is 34.0 Å². The van der Waals surface area contributed by atoms with E-state index in [4.69, 9.17) is 4.74 Å². The number of amides is 1. The summed E-state index contributed by atoms with van der Waals surface area (Å²) in [5.74, 6) is 0.329. The Morgan fingerprint density at radius 2 is 1.93 bits per heavy atom. The largest absolute Gasteiger partial charge is 0.375 e. The molecule has 0 saturated heterocycles. The van der Waals surface area contributed by atoms with Gasteiger partial charge in [0.1, 0.15) is 0 Å². The highest BCUT2D eigenvalue weighted by molar-refractivity contribution is 7.89. The van der Waals surface area contributed by atoms with Crippen molar-refractivity contribution in [3.8, 4) is 0 Å². The van der Waals surface area contributed by atoms with E-state index in [9.17, 15) is 13.2 Å². The standard InChI is InChI=1S/C21H24N2O4S/c24-21(17-6-7-17)23-12-10-18-14-19(8-9-20(18)23)28(25,26)22-11-13-27-15-16-4-2-1-3-5-16/h1-5,8-9,14,17,22H,6-7,10-13,15H2. The lowest BCUT2D eigenvalue weighted by atomic mass is 10.2. The second-order valence-electron chi connectivity index (χ2n) is 7.24. The minimum absolute atomic E-state index is 0.159. The SMILES string of the molecule is O=C(C1CC1)N1CCc2cc(S(=O)(=O)NCCOCc3ccccc3)ccc21. The van der Waals surface area contributed by atoms with Crippen molar-refractivity contribution < 1.29 is 17.9 Å². The molecule has 0 atom stereocenters. The second kappa shape index (κ2) is 8.03. The van der Waals surface area contributed by atoms with Gasteiger partial charge in [0.2, 0.25) is 15.9 Å². The molecular formula is C21H24N2O4S. The first-order chi connectivity index (χ1) is 13.5. The molecule has 4 rings (SSSR count). The molecule has 0 unspecified atom stereocenters. The van der Waals surface area contributed by atoms with Gasteiger partial charge < -0.3 is 9.64 Å². The number of sulfonamides is 1. The van der Waals surface area contributed by atoms with Crippen LogP contribution in [0.1, 0.15) is 24.0 Å². The molecule has 7 heteroatoms. The monoisotopic (exact) mass is 400 g/mol. The van der Waals surface area contributed by atoms with Crippen molar-refractivity contribution in [3.05, 3.63) is 59.7 Å². The third-order valence-corrected chi connectivity index (χ3v) is 6.56. The number of hydrogen-bond donors (Lipinski definition) is 1. The molecule has 2 aliphatic rings. The van der Waals surface area contributed by atoms with Crippen molar-refractivity contribution in [2.75, 3.05) is 24.6 Å². The van der Waals surface area contributed by atoms with Crippen LogP contribution in [0.4, 0.5) is 5.69 Å². The van der Waals surface area contributed by atoms with Crippen LogP contribution in [0.2, 0.25) is 0 Å². The predicted octanol–water partition coefficient (Wildman–Crippen LogP) is 2.48. The van der Waals surface area contributed by atoms with Crippen molar-refractivity contribution in [2.24, 2.45) is 5.92 Å². The molecule has 2 aromatic rings. The number of fused-ring (bicyclic) bond motifs is 1. The van der Waals surface area contributed by atoms with Gasteiger partial charge in [-0.15, -0.1) is 0 Å². The smallest absolute Gasteiger partial charge is 0.240 e. The highest BCUT2D eigenvalue weighted by Crippen LogP contribution is 2.37. The van der Waals surface area contributed by atoms with Gasteiger partial charge in [0, 0.05) is 24.7 Å². The molecule has 28 heavy (non-hydrogen) atoms. The summed E-state index contributed by atoms with van der Waals surface area (Å²) in [6.45, 7) is 1.59. The molecule has 1 amide bonds. The van der Waals surface area contributed by atoms with Crippen LogP contribution in [-0.2, 0) is 32.6 Å². The maximum Gasteiger partial charge on any atom is 0.240 e. The third kappa shape index (κ3) is 4.27. The quantitative estimate of drug-likeness (QED) is 0.691. The number of anilines is 1. The first-order valence-corrected chi connectivity index (χ1v) is 11.1. The lowest BCUT2D eigenvalue weighted by Crippen LogP contribution is -2.30. The molecule has 1 aliphatic carbocycles. The van der Waals surface area contributed by atoms with Gasteiger partial charge in [-0.3, -0.25) is 4.79 Å². The van der Waals surface area contributed by atoms with Gasteiger partial charge in [0.25, 0.3) is 0 Å². The van der Waals surface area contributed by atoms with E-state index in [2.05, 4.69) is 4.72 Å². The Kier molecular flexibility index (Phi) is 5.48. The molecular weight excluding hydrogens is 376 g/mol. The molecule has 1 aliphatic heterocycles. The summed E-state index contributed by atoms with van der Waals surface area (Å²) in [4.78, 5) is 14.4. The highest BCUT2D eigenvalue weighted by atomic mass is 32.2. The van der Waals surface area contributed by atoms with Gasteiger partial charge in [-0.05, 0) is 48.6 Å². The number of nitrogens with zero attached hydrogens (tertiary/aromatic N) is 1. The Balaban J connectivity index is 1.32. The normalized spacial score (nSPS) is 16.2. The summed E-state index contributed by atoms with van der Waals surface area (Å²) in [7, 11) is -3.60. The van der Waals surface area contributed by atoms with Gasteiger partial charge in [-0.1, -0.05) is 30.3 Å². The summed E-state index contributed by atoms with van der Waals surface area (Å²) in [5.41, 5.74) is 2.81. The summed E-state index contributed by atoms with van der Waals surface area (Å²) < 4.78 is 33.2. The van der Waals surface area contributed by atoms with E-state index in [1.165, 1.54) is 0 Å². The minimum atomic E-state index is -3.60. The Bertz CT molecular complexity index is 956. The summed E-state index contributed by atoms with van der Waals surface area (Å²) in [6.07, 6.45) is 2.62. The first kappa shape index (κ1) is 19.1. The van der Waals surface area contributed by atoms with E-state index in [0.29, 0.717) is 26.2 Å². The van der Waals surface area contributed by atoms with Crippen molar-refractivity contribution in [3.63, 3.8) is 0 Å². The van der Waals surface area contributed by atoms with Crippen molar-refractivity contribution >= 4 is 21.6 Å². The average molecular weight is 401 g/mol. The molecule has 1 heterocycles. The minimum Gasteiger partial charge on any atom is -0.375 e. The molecule has 6 nitrogen and oxygen atoms in total. The van der Waals surface area contributed by atoms with Crippen molar-refractivity contribution in [2.45, 2.75) is 30.8 Å². The number of carbonyl (C=O) groups excluding carboxylic acids is 1. The van der Waals surface area contributed by atoms with Gasteiger partial charge in [-0.2, -0.15) is 0 Å². The number of benzene rings is 2. The van der Waals surface area contributed by atoms with Crippen LogP contribution >= 0.6 is 0 Å². The number of rotatable bonds is 8. The van der Waals surface area contributed by atoms with Crippen LogP contribution in [0, 0.1) is 5.92 Å². The zero-order valence-corrected chi connectivity index (χ0v) is 16.5. The molecule has 1 fully saturated rings. The first-order valence-electron chi connectivity index (χ1n) is 9.60. The zero-order valence-electron chi connectivity index (χ0n) is 15.6. The Labute approximate surface area is 165 Å². The fraction of sp³-hybridized carbons (Fsp3) is 0.381. The van der Waals surface area contributed by atoms with E-state index in [-0.39, 0.29) is 23.3 Å². The lowest BCUT2D eigenvalue weighted by Gasteiger charge is -2.17. The van der Waals surface area contributed by atoms with Crippen molar-refractivity contribution in [1.82, 2.24) is 4.72 Å². The fourth-order valence-electron chi connectivity index (χ4n) is 3.42. The predicted molar refractivity (Wildman–Crippen MR) is 107 cm³/mol. The lowest BCUT2D eigenvalue weighted by molar-refractivity contribution is -0.119. The van der Waals surface area contributed by atoms with Crippen LogP contribution in [0.3, 0.4) is 0 Å². The fourth-order valence-corrected chi connectivity index (χ4v) is 4.48. The number of carbonyl (C=O) groups is 1. The van der Waals surface area contributed by atoms with E-state index in [1.807, 2.05) is 30.3 Å². The summed E-state index contributed by atoms with van der Waals surface area (Å²) >= 11 is 0. The highest BCUT2D eigenvalue weighted by Gasteiger charge is 2.36. The number of ether oxygens (including phenoxy) is 1. The number of nitrogens with one attached hydrogen (secondary N) is 1. The van der Waals surface area contributed by atoms with Gasteiger partial charge >= 0.3 is 0 Å². The van der Waals surface area contributed by atoms with E-state index < -0.39 is 10.0 Å². The van der Waals surface area contributed by atoms with Crippen LogP contribution in [0.25, 0.3) is 0 Å².